The second-order valence-corrected chi connectivity index (χ2v) is 9.25. The van der Waals surface area contributed by atoms with Crippen molar-refractivity contribution in [1.82, 2.24) is 4.57 Å². The first-order chi connectivity index (χ1) is 18.3. The number of methoxy groups -OCH3 is 2. The van der Waals surface area contributed by atoms with Crippen molar-refractivity contribution in [3.8, 4) is 23.0 Å². The fraction of sp³-hybridized carbons (Fsp3) is 0.250. The molecule has 0 radical (unpaired) electrons. The van der Waals surface area contributed by atoms with E-state index in [2.05, 4.69) is 11.6 Å². The molecule has 0 saturated heterocycles. The number of thiazole rings is 1. The summed E-state index contributed by atoms with van der Waals surface area (Å²) in [7, 11) is 2.86. The largest absolute Gasteiger partial charge is 0.502 e. The Morgan fingerprint density at radius 1 is 1.18 bits per heavy atom. The van der Waals surface area contributed by atoms with Crippen molar-refractivity contribution >= 4 is 23.4 Å². The summed E-state index contributed by atoms with van der Waals surface area (Å²) >= 11 is 1.19. The molecule has 1 aliphatic rings. The topological polar surface area (TPSA) is 109 Å². The summed E-state index contributed by atoms with van der Waals surface area (Å²) in [5.74, 6) is 0.382. The Hall–Kier alpha value is -4.31. The summed E-state index contributed by atoms with van der Waals surface area (Å²) in [5.41, 5.74) is 1.73. The van der Waals surface area contributed by atoms with E-state index in [1.165, 1.54) is 30.1 Å². The lowest BCUT2D eigenvalue weighted by molar-refractivity contribution is -0.139. The summed E-state index contributed by atoms with van der Waals surface area (Å²) in [6.07, 6.45) is 3.32. The first-order valence-corrected chi connectivity index (χ1v) is 12.6. The monoisotopic (exact) mass is 536 g/mol. The number of fused-ring (bicyclic) bond motifs is 1. The number of hydrogen-bond donors (Lipinski definition) is 1. The van der Waals surface area contributed by atoms with E-state index in [-0.39, 0.29) is 29.4 Å². The summed E-state index contributed by atoms with van der Waals surface area (Å²) in [4.78, 5) is 31.9. The van der Waals surface area contributed by atoms with Crippen LogP contribution in [0.15, 0.2) is 70.1 Å². The summed E-state index contributed by atoms with van der Waals surface area (Å²) in [6.45, 7) is 7.65. The van der Waals surface area contributed by atoms with Crippen LogP contribution in [0.25, 0.3) is 6.08 Å². The van der Waals surface area contributed by atoms with Gasteiger partial charge >= 0.3 is 5.97 Å². The molecule has 0 aliphatic carbocycles. The van der Waals surface area contributed by atoms with Gasteiger partial charge in [0.2, 0.25) is 5.75 Å². The van der Waals surface area contributed by atoms with E-state index in [1.54, 1.807) is 50.3 Å². The average molecular weight is 537 g/mol. The number of aromatic nitrogens is 1. The lowest BCUT2D eigenvalue weighted by Crippen LogP contribution is -2.39. The highest BCUT2D eigenvalue weighted by Crippen LogP contribution is 2.37. The number of esters is 1. The molecule has 1 atom stereocenters. The predicted octanol–water partition coefficient (Wildman–Crippen LogP) is 3.09. The highest BCUT2D eigenvalue weighted by molar-refractivity contribution is 7.07. The number of benzene rings is 2. The lowest BCUT2D eigenvalue weighted by atomic mass is 9.96. The summed E-state index contributed by atoms with van der Waals surface area (Å²) in [5, 5.41) is 10.2. The molecule has 2 aromatic carbocycles. The van der Waals surface area contributed by atoms with Crippen LogP contribution >= 0.6 is 11.3 Å². The van der Waals surface area contributed by atoms with E-state index < -0.39 is 12.0 Å². The molecule has 0 unspecified atom stereocenters. The second kappa shape index (κ2) is 11.4. The van der Waals surface area contributed by atoms with E-state index in [9.17, 15) is 14.7 Å². The number of rotatable bonds is 9. The molecule has 0 amide bonds. The Kier molecular flexibility index (Phi) is 8.02. The number of allylic oxidation sites excluding steroid dienone is 1. The molecule has 38 heavy (non-hydrogen) atoms. The van der Waals surface area contributed by atoms with Crippen LogP contribution in [-0.2, 0) is 9.53 Å². The third-order valence-corrected chi connectivity index (χ3v) is 6.86. The first-order valence-electron chi connectivity index (χ1n) is 11.8. The number of ether oxygens (including phenoxy) is 4. The number of phenolic OH excluding ortho intramolecular Hbond substituents is 1. The van der Waals surface area contributed by atoms with Crippen molar-refractivity contribution in [1.29, 1.82) is 0 Å². The van der Waals surface area contributed by atoms with Crippen molar-refractivity contribution in [2.45, 2.75) is 19.9 Å². The Morgan fingerprint density at radius 3 is 2.42 bits per heavy atom. The fourth-order valence-corrected chi connectivity index (χ4v) is 5.20. The minimum atomic E-state index is -0.746. The number of aromatic hydroxyl groups is 1. The van der Waals surface area contributed by atoms with Gasteiger partial charge in [0, 0.05) is 0 Å². The van der Waals surface area contributed by atoms with Gasteiger partial charge in [0.15, 0.2) is 16.3 Å². The molecular weight excluding hydrogens is 508 g/mol. The molecule has 0 saturated carbocycles. The van der Waals surface area contributed by atoms with Gasteiger partial charge in [-0.05, 0) is 55.3 Å². The highest BCUT2D eigenvalue weighted by Gasteiger charge is 2.33. The Bertz CT molecular complexity index is 1560. The van der Waals surface area contributed by atoms with Gasteiger partial charge in [-0.1, -0.05) is 36.1 Å². The standard InChI is InChI=1S/C28H28N2O7S/c1-6-12-37-19-10-8-18(9-11-19)24-23(27(33)36-7-2)16(3)29-28-30(24)26(32)22(38-28)15-17-13-20(34-4)25(31)21(14-17)35-5/h6,8-11,13-15,24,31H,1,7,12H2,2-5H3/b22-15+/t24-/m0/s1. The highest BCUT2D eigenvalue weighted by atomic mass is 32.1. The van der Waals surface area contributed by atoms with Crippen LogP contribution in [0.2, 0.25) is 0 Å². The van der Waals surface area contributed by atoms with Crippen molar-refractivity contribution < 1.29 is 28.8 Å². The van der Waals surface area contributed by atoms with E-state index in [0.29, 0.717) is 44.1 Å². The van der Waals surface area contributed by atoms with Gasteiger partial charge in [0.25, 0.3) is 5.56 Å². The number of carbonyl (C=O) groups is 1. The maximum absolute atomic E-state index is 13.8. The van der Waals surface area contributed by atoms with Gasteiger partial charge in [0.05, 0.1) is 42.7 Å². The SMILES string of the molecule is C=CCOc1ccc([C@H]2C(C(=O)OCC)=C(C)N=c3s/c(=C/c4cc(OC)c(O)c(OC)c4)c(=O)n32)cc1. The Morgan fingerprint density at radius 2 is 1.84 bits per heavy atom. The zero-order valence-electron chi connectivity index (χ0n) is 21.5. The normalized spacial score (nSPS) is 14.9. The minimum absolute atomic E-state index is 0.135. The number of carbonyl (C=O) groups excluding carboxylic acids is 1. The molecule has 10 heteroatoms. The summed E-state index contributed by atoms with van der Waals surface area (Å²) in [6, 6.07) is 9.64. The molecule has 1 N–H and O–H groups in total. The molecule has 198 valence electrons. The molecule has 9 nitrogen and oxygen atoms in total. The maximum Gasteiger partial charge on any atom is 0.338 e. The number of phenols is 1. The zero-order chi connectivity index (χ0) is 27.4. The van der Waals surface area contributed by atoms with Crippen molar-refractivity contribution in [2.75, 3.05) is 27.4 Å². The lowest BCUT2D eigenvalue weighted by Gasteiger charge is -2.24. The number of nitrogens with zero attached hydrogens (tertiary/aromatic N) is 2. The molecule has 4 rings (SSSR count). The van der Waals surface area contributed by atoms with E-state index >= 15 is 0 Å². The molecular formula is C28H28N2O7S. The summed E-state index contributed by atoms with van der Waals surface area (Å²) < 4.78 is 23.3. The second-order valence-electron chi connectivity index (χ2n) is 8.25. The van der Waals surface area contributed by atoms with Gasteiger partial charge in [0.1, 0.15) is 12.4 Å². The molecule has 2 heterocycles. The predicted molar refractivity (Wildman–Crippen MR) is 144 cm³/mol. The third-order valence-electron chi connectivity index (χ3n) is 5.88. The van der Waals surface area contributed by atoms with Gasteiger partial charge < -0.3 is 24.1 Å². The Labute approximate surface area is 223 Å². The van der Waals surface area contributed by atoms with E-state index in [1.807, 2.05) is 12.1 Å². The Balaban J connectivity index is 1.90. The van der Waals surface area contributed by atoms with Crippen LogP contribution in [-0.4, -0.2) is 43.1 Å². The molecule has 3 aromatic rings. The van der Waals surface area contributed by atoms with Crippen LogP contribution in [0, 0.1) is 0 Å². The van der Waals surface area contributed by atoms with Crippen LogP contribution in [0.1, 0.15) is 31.0 Å². The smallest absolute Gasteiger partial charge is 0.338 e. The maximum atomic E-state index is 13.8. The molecule has 1 aromatic heterocycles. The van der Waals surface area contributed by atoms with Crippen molar-refractivity contribution in [3.63, 3.8) is 0 Å². The molecule has 0 spiro atoms. The van der Waals surface area contributed by atoms with Crippen LogP contribution in [0.3, 0.4) is 0 Å². The molecule has 1 aliphatic heterocycles. The van der Waals surface area contributed by atoms with Crippen LogP contribution in [0.4, 0.5) is 0 Å². The van der Waals surface area contributed by atoms with E-state index in [0.717, 1.165) is 0 Å². The fourth-order valence-electron chi connectivity index (χ4n) is 4.16. The van der Waals surface area contributed by atoms with Gasteiger partial charge in [-0.15, -0.1) is 0 Å². The average Bonchev–Trinajstić information content (AvgIpc) is 3.21. The minimum Gasteiger partial charge on any atom is -0.502 e. The van der Waals surface area contributed by atoms with Gasteiger partial charge in [-0.3, -0.25) is 9.36 Å². The first kappa shape index (κ1) is 26.7. The third kappa shape index (κ3) is 5.08. The van der Waals surface area contributed by atoms with Gasteiger partial charge in [-0.2, -0.15) is 0 Å². The molecule has 0 fully saturated rings. The molecule has 0 bridgehead atoms. The van der Waals surface area contributed by atoms with Crippen molar-refractivity contribution in [3.05, 3.63) is 91.1 Å². The zero-order valence-corrected chi connectivity index (χ0v) is 22.3. The van der Waals surface area contributed by atoms with Gasteiger partial charge in [-0.25, -0.2) is 9.79 Å². The van der Waals surface area contributed by atoms with Crippen LogP contribution < -0.4 is 29.1 Å². The number of hydrogen-bond acceptors (Lipinski definition) is 9. The van der Waals surface area contributed by atoms with Crippen molar-refractivity contribution in [2.24, 2.45) is 4.99 Å². The van der Waals surface area contributed by atoms with Crippen LogP contribution in [0.5, 0.6) is 23.0 Å². The van der Waals surface area contributed by atoms with E-state index in [4.69, 9.17) is 18.9 Å². The quantitative estimate of drug-likeness (QED) is 0.331.